The number of carbonyl (C=O) groups excluding carboxylic acids is 3. The van der Waals surface area contributed by atoms with Crippen LogP contribution in [0.2, 0.25) is 0 Å². The Morgan fingerprint density at radius 1 is 1.03 bits per heavy atom. The molecular formula is C27H28Br2N2O5S. The van der Waals surface area contributed by atoms with E-state index in [9.17, 15) is 14.4 Å². The number of hydrogen-bond donors (Lipinski definition) is 0. The summed E-state index contributed by atoms with van der Waals surface area (Å²) in [7, 11) is 0. The lowest BCUT2D eigenvalue weighted by molar-refractivity contribution is -0.135. The van der Waals surface area contributed by atoms with Crippen molar-refractivity contribution in [3.63, 3.8) is 0 Å². The molecule has 3 amide bonds. The van der Waals surface area contributed by atoms with Crippen LogP contribution in [0.5, 0.6) is 11.5 Å². The van der Waals surface area contributed by atoms with E-state index in [1.165, 1.54) is 0 Å². The number of ether oxygens (including phenoxy) is 2. The van der Waals surface area contributed by atoms with Gasteiger partial charge in [-0.15, -0.1) is 0 Å². The number of benzene rings is 2. The summed E-state index contributed by atoms with van der Waals surface area (Å²) in [5, 5.41) is -0.432. The van der Waals surface area contributed by atoms with Gasteiger partial charge in [-0.25, -0.2) is 0 Å². The number of thioether (sulfide) groups is 1. The van der Waals surface area contributed by atoms with Gasteiger partial charge in [0.25, 0.3) is 11.1 Å². The Hall–Kier alpha value is -2.30. The van der Waals surface area contributed by atoms with Crippen LogP contribution in [0.1, 0.15) is 43.7 Å². The molecule has 4 rings (SSSR count). The smallest absolute Gasteiger partial charge is 0.294 e. The second kappa shape index (κ2) is 13.0. The van der Waals surface area contributed by atoms with E-state index in [-0.39, 0.29) is 17.4 Å². The van der Waals surface area contributed by atoms with Crippen molar-refractivity contribution in [2.75, 3.05) is 26.2 Å². The van der Waals surface area contributed by atoms with E-state index < -0.39 is 11.1 Å². The minimum Gasteiger partial charge on any atom is -0.490 e. The van der Waals surface area contributed by atoms with Crippen LogP contribution in [0.4, 0.5) is 4.79 Å². The molecule has 37 heavy (non-hydrogen) atoms. The van der Waals surface area contributed by atoms with Crippen LogP contribution in [-0.2, 0) is 16.2 Å². The third-order valence-electron chi connectivity index (χ3n) is 6.05. The highest BCUT2D eigenvalue weighted by molar-refractivity contribution is 9.10. The Morgan fingerprint density at radius 2 is 1.73 bits per heavy atom. The average Bonchev–Trinajstić information content (AvgIpc) is 3.05. The molecular weight excluding hydrogens is 624 g/mol. The fourth-order valence-electron chi connectivity index (χ4n) is 4.15. The highest BCUT2D eigenvalue weighted by atomic mass is 79.9. The van der Waals surface area contributed by atoms with Crippen LogP contribution in [0.25, 0.3) is 6.08 Å². The number of rotatable bonds is 8. The second-order valence-corrected chi connectivity index (χ2v) is 11.5. The predicted molar refractivity (Wildman–Crippen MR) is 152 cm³/mol. The normalized spacial score (nSPS) is 17.3. The Labute approximate surface area is 237 Å². The molecule has 0 N–H and O–H groups in total. The minimum atomic E-state index is -0.456. The van der Waals surface area contributed by atoms with Gasteiger partial charge >= 0.3 is 0 Å². The zero-order valence-electron chi connectivity index (χ0n) is 20.5. The van der Waals surface area contributed by atoms with Crippen molar-refractivity contribution < 1.29 is 23.9 Å². The number of amides is 3. The Bertz CT molecular complexity index is 1190. The number of likely N-dealkylation sites (tertiary alicyclic amines) is 1. The highest BCUT2D eigenvalue weighted by Gasteiger charge is 2.37. The number of carbonyl (C=O) groups is 3. The van der Waals surface area contributed by atoms with Gasteiger partial charge in [-0.3, -0.25) is 19.3 Å². The van der Waals surface area contributed by atoms with Gasteiger partial charge in [0.2, 0.25) is 5.91 Å². The molecule has 2 aromatic carbocycles. The first-order chi connectivity index (χ1) is 17.9. The fraction of sp³-hybridized carbons (Fsp3) is 0.370. The van der Waals surface area contributed by atoms with E-state index >= 15 is 0 Å². The first-order valence-electron chi connectivity index (χ1n) is 12.2. The molecule has 2 aliphatic rings. The summed E-state index contributed by atoms with van der Waals surface area (Å²) < 4.78 is 13.5. The maximum absolute atomic E-state index is 13.0. The predicted octanol–water partition coefficient (Wildman–Crippen LogP) is 6.63. The molecule has 0 bridgehead atoms. The van der Waals surface area contributed by atoms with Crippen LogP contribution in [-0.4, -0.2) is 53.1 Å². The average molecular weight is 652 g/mol. The summed E-state index contributed by atoms with van der Waals surface area (Å²) in [5.74, 6) is 0.441. The summed E-state index contributed by atoms with van der Waals surface area (Å²) >= 11 is 7.84. The van der Waals surface area contributed by atoms with Crippen LogP contribution in [0.3, 0.4) is 0 Å². The second-order valence-electron chi connectivity index (χ2n) is 8.74. The summed E-state index contributed by atoms with van der Waals surface area (Å²) in [6.45, 7) is 3.80. The molecule has 0 aliphatic carbocycles. The molecule has 7 nitrogen and oxygen atoms in total. The van der Waals surface area contributed by atoms with Gasteiger partial charge in [0, 0.05) is 17.6 Å². The van der Waals surface area contributed by atoms with Gasteiger partial charge in [0.15, 0.2) is 11.5 Å². The van der Waals surface area contributed by atoms with E-state index in [2.05, 4.69) is 31.9 Å². The lowest BCUT2D eigenvalue weighted by atomic mass is 10.1. The summed E-state index contributed by atoms with van der Waals surface area (Å²) in [6.07, 6.45) is 5.75. The van der Waals surface area contributed by atoms with Crippen molar-refractivity contribution in [2.45, 2.75) is 39.2 Å². The molecule has 0 atom stereocenters. The summed E-state index contributed by atoms with van der Waals surface area (Å²) in [5.41, 5.74) is 1.68. The molecule has 2 fully saturated rings. The number of halogens is 2. The van der Waals surface area contributed by atoms with Gasteiger partial charge in [0.1, 0.15) is 13.2 Å². The van der Waals surface area contributed by atoms with Crippen LogP contribution < -0.4 is 9.47 Å². The number of hydrogen-bond acceptors (Lipinski definition) is 6. The summed E-state index contributed by atoms with van der Waals surface area (Å²) in [6, 6.07) is 11.4. The zero-order valence-corrected chi connectivity index (χ0v) is 24.5. The quantitative estimate of drug-likeness (QED) is 0.298. The monoisotopic (exact) mass is 650 g/mol. The highest BCUT2D eigenvalue weighted by Crippen LogP contribution is 2.39. The van der Waals surface area contributed by atoms with Crippen molar-refractivity contribution in [3.05, 3.63) is 61.4 Å². The Kier molecular flexibility index (Phi) is 9.72. The molecule has 196 valence electrons. The van der Waals surface area contributed by atoms with Crippen molar-refractivity contribution in [1.29, 1.82) is 0 Å². The molecule has 0 unspecified atom stereocenters. The molecule has 0 radical (unpaired) electrons. The molecule has 10 heteroatoms. The zero-order chi connectivity index (χ0) is 26.4. The third kappa shape index (κ3) is 7.18. The maximum atomic E-state index is 13.0. The minimum absolute atomic E-state index is 0.181. The fourth-order valence-corrected chi connectivity index (χ4v) is 5.83. The first-order valence-corrected chi connectivity index (χ1v) is 14.6. The topological polar surface area (TPSA) is 76.2 Å². The molecule has 2 aliphatic heterocycles. The number of imide groups is 1. The van der Waals surface area contributed by atoms with E-state index in [0.29, 0.717) is 47.8 Å². The van der Waals surface area contributed by atoms with Crippen molar-refractivity contribution >= 4 is 66.8 Å². The lowest BCUT2D eigenvalue weighted by Gasteiger charge is -2.22. The third-order valence-corrected chi connectivity index (χ3v) is 8.08. The van der Waals surface area contributed by atoms with Gasteiger partial charge in [-0.2, -0.15) is 0 Å². The van der Waals surface area contributed by atoms with Gasteiger partial charge < -0.3 is 14.4 Å². The van der Waals surface area contributed by atoms with E-state index in [4.69, 9.17) is 9.47 Å². The van der Waals surface area contributed by atoms with Gasteiger partial charge in [0.05, 0.1) is 16.0 Å². The van der Waals surface area contributed by atoms with E-state index in [1.807, 2.05) is 37.3 Å². The maximum Gasteiger partial charge on any atom is 0.294 e. The van der Waals surface area contributed by atoms with E-state index in [1.54, 1.807) is 17.0 Å². The SMILES string of the molecule is CCOc1cc(C=C2SC(=O)N(CC(=O)N3CCCCCC3)C2=O)cc(Br)c1OCc1ccc(Br)cc1. The van der Waals surface area contributed by atoms with Crippen LogP contribution >= 0.6 is 43.6 Å². The van der Waals surface area contributed by atoms with Crippen LogP contribution in [0.15, 0.2) is 50.2 Å². The molecule has 0 aromatic heterocycles. The first kappa shape index (κ1) is 27.7. The lowest BCUT2D eigenvalue weighted by Crippen LogP contribution is -2.42. The molecule has 2 saturated heterocycles. The standard InChI is InChI=1S/C27H28Br2N2O5S/c1-2-35-22-14-19(13-21(29)25(22)36-17-18-7-9-20(28)10-8-18)15-23-26(33)31(27(34)37-23)16-24(32)30-11-5-3-4-6-12-30/h7-10,13-15H,2-6,11-12,16-17H2,1H3. The molecule has 0 saturated carbocycles. The van der Waals surface area contributed by atoms with Crippen molar-refractivity contribution in [3.8, 4) is 11.5 Å². The largest absolute Gasteiger partial charge is 0.490 e. The van der Waals surface area contributed by atoms with Crippen molar-refractivity contribution in [1.82, 2.24) is 9.80 Å². The van der Waals surface area contributed by atoms with Crippen LogP contribution in [0, 0.1) is 0 Å². The van der Waals surface area contributed by atoms with Gasteiger partial charge in [-0.05, 0) is 88.9 Å². The Morgan fingerprint density at radius 3 is 2.41 bits per heavy atom. The Balaban J connectivity index is 1.49. The van der Waals surface area contributed by atoms with Crippen molar-refractivity contribution in [2.24, 2.45) is 0 Å². The molecule has 2 heterocycles. The molecule has 0 spiro atoms. The summed E-state index contributed by atoms with van der Waals surface area (Å²) in [4.78, 5) is 41.5. The molecule has 2 aromatic rings. The van der Waals surface area contributed by atoms with Gasteiger partial charge in [-0.1, -0.05) is 40.9 Å². The van der Waals surface area contributed by atoms with E-state index in [0.717, 1.165) is 52.4 Å². The number of nitrogens with zero attached hydrogens (tertiary/aromatic N) is 2.